The Hall–Kier alpha value is -2.04. The average molecular weight is 291 g/mol. The molecule has 0 aromatic heterocycles. The summed E-state index contributed by atoms with van der Waals surface area (Å²) in [6, 6.07) is 6.15. The number of hydrogen-bond acceptors (Lipinski definition) is 3. The van der Waals surface area contributed by atoms with Crippen LogP contribution in [-0.4, -0.2) is 41.1 Å². The second kappa shape index (κ2) is 7.11. The van der Waals surface area contributed by atoms with Crippen molar-refractivity contribution in [1.82, 2.24) is 4.90 Å². The summed E-state index contributed by atoms with van der Waals surface area (Å²) in [6.07, 6.45) is 3.20. The van der Waals surface area contributed by atoms with Gasteiger partial charge in [0.15, 0.2) is 0 Å². The molecule has 1 atom stereocenters. The van der Waals surface area contributed by atoms with E-state index in [4.69, 9.17) is 4.74 Å². The highest BCUT2D eigenvalue weighted by molar-refractivity contribution is 5.96. The first-order chi connectivity index (χ1) is 10.1. The minimum atomic E-state index is -0.920. The van der Waals surface area contributed by atoms with Crippen LogP contribution in [0.25, 0.3) is 0 Å². The maximum atomic E-state index is 12.6. The maximum absolute atomic E-state index is 12.6. The number of aliphatic carboxylic acids is 1. The monoisotopic (exact) mass is 291 g/mol. The van der Waals surface area contributed by atoms with Gasteiger partial charge in [0.2, 0.25) is 0 Å². The molecule has 1 aliphatic rings. The van der Waals surface area contributed by atoms with Gasteiger partial charge in [0.25, 0.3) is 5.91 Å². The van der Waals surface area contributed by atoms with Crippen molar-refractivity contribution in [3.63, 3.8) is 0 Å². The minimum Gasteiger partial charge on any atom is -0.494 e. The Labute approximate surface area is 124 Å². The largest absolute Gasteiger partial charge is 0.494 e. The zero-order valence-electron chi connectivity index (χ0n) is 12.2. The van der Waals surface area contributed by atoms with Crippen LogP contribution in [0.5, 0.6) is 5.75 Å². The second-order valence-corrected chi connectivity index (χ2v) is 5.16. The molecule has 1 N–H and O–H groups in total. The molecule has 1 aromatic carbocycles. The summed E-state index contributed by atoms with van der Waals surface area (Å²) in [7, 11) is 0. The first-order valence-electron chi connectivity index (χ1n) is 7.40. The molecule has 1 saturated heterocycles. The van der Waals surface area contributed by atoms with Crippen molar-refractivity contribution in [3.8, 4) is 5.75 Å². The van der Waals surface area contributed by atoms with Crippen molar-refractivity contribution < 1.29 is 19.4 Å². The predicted octanol–water partition coefficient (Wildman–Crippen LogP) is 2.55. The van der Waals surface area contributed by atoms with E-state index < -0.39 is 12.0 Å². The topological polar surface area (TPSA) is 66.8 Å². The summed E-state index contributed by atoms with van der Waals surface area (Å²) in [5.74, 6) is -0.428. The van der Waals surface area contributed by atoms with Crippen LogP contribution in [0.4, 0.5) is 0 Å². The summed E-state index contributed by atoms with van der Waals surface area (Å²) >= 11 is 0. The molecule has 0 saturated carbocycles. The van der Waals surface area contributed by atoms with Gasteiger partial charge in [-0.3, -0.25) is 4.79 Å². The maximum Gasteiger partial charge on any atom is 0.326 e. The lowest BCUT2D eigenvalue weighted by atomic mass is 10.1. The average Bonchev–Trinajstić information content (AvgIpc) is 2.73. The number of carboxylic acids is 1. The Morgan fingerprint density at radius 1 is 1.24 bits per heavy atom. The summed E-state index contributed by atoms with van der Waals surface area (Å²) < 4.78 is 5.35. The van der Waals surface area contributed by atoms with Crippen LogP contribution in [0.3, 0.4) is 0 Å². The van der Waals surface area contributed by atoms with Gasteiger partial charge in [0.05, 0.1) is 6.61 Å². The fourth-order valence-corrected chi connectivity index (χ4v) is 2.63. The Morgan fingerprint density at radius 3 is 2.57 bits per heavy atom. The lowest BCUT2D eigenvalue weighted by Gasteiger charge is -2.27. The molecule has 5 nitrogen and oxygen atoms in total. The second-order valence-electron chi connectivity index (χ2n) is 5.16. The summed E-state index contributed by atoms with van der Waals surface area (Å²) in [5.41, 5.74) is 0.506. The summed E-state index contributed by atoms with van der Waals surface area (Å²) in [4.78, 5) is 25.4. The standard InChI is InChI=1S/C16H21NO4/c1-2-21-13-9-7-12(8-10-13)15(18)17-11-5-3-4-6-14(17)16(19)20/h7-10,14H,2-6,11H2,1H3,(H,19,20). The van der Waals surface area contributed by atoms with Crippen LogP contribution in [0.1, 0.15) is 43.0 Å². The van der Waals surface area contributed by atoms with E-state index in [-0.39, 0.29) is 5.91 Å². The van der Waals surface area contributed by atoms with Gasteiger partial charge in [-0.05, 0) is 44.0 Å². The number of nitrogens with zero attached hydrogens (tertiary/aromatic N) is 1. The van der Waals surface area contributed by atoms with Gasteiger partial charge in [-0.2, -0.15) is 0 Å². The number of carboxylic acid groups (broad SMARTS) is 1. The van der Waals surface area contributed by atoms with Crippen molar-refractivity contribution in [2.45, 2.75) is 38.6 Å². The van der Waals surface area contributed by atoms with Crippen LogP contribution in [0.15, 0.2) is 24.3 Å². The number of carbonyl (C=O) groups excluding carboxylic acids is 1. The number of amides is 1. The van der Waals surface area contributed by atoms with E-state index >= 15 is 0 Å². The van der Waals surface area contributed by atoms with Gasteiger partial charge in [-0.25, -0.2) is 4.79 Å². The van der Waals surface area contributed by atoms with Crippen LogP contribution in [0, 0.1) is 0 Å². The molecule has 0 spiro atoms. The number of rotatable bonds is 4. The number of carbonyl (C=O) groups is 2. The molecule has 1 unspecified atom stereocenters. The normalized spacial score (nSPS) is 18.9. The lowest BCUT2D eigenvalue weighted by molar-refractivity contribution is -0.142. The van der Waals surface area contributed by atoms with Gasteiger partial charge < -0.3 is 14.7 Å². The number of hydrogen-bond donors (Lipinski definition) is 1. The molecular formula is C16H21NO4. The number of ether oxygens (including phenoxy) is 1. The van der Waals surface area contributed by atoms with E-state index in [1.165, 1.54) is 4.90 Å². The summed E-state index contributed by atoms with van der Waals surface area (Å²) in [5, 5.41) is 9.33. The molecule has 2 rings (SSSR count). The van der Waals surface area contributed by atoms with E-state index in [0.717, 1.165) is 19.3 Å². The van der Waals surface area contributed by atoms with Crippen molar-refractivity contribution in [2.75, 3.05) is 13.2 Å². The molecule has 0 bridgehead atoms. The first-order valence-corrected chi connectivity index (χ1v) is 7.40. The lowest BCUT2D eigenvalue weighted by Crippen LogP contribution is -2.44. The Kier molecular flexibility index (Phi) is 5.20. The zero-order chi connectivity index (χ0) is 15.2. The molecule has 21 heavy (non-hydrogen) atoms. The Morgan fingerprint density at radius 2 is 1.95 bits per heavy atom. The van der Waals surface area contributed by atoms with Gasteiger partial charge in [-0.1, -0.05) is 12.8 Å². The molecule has 1 aromatic rings. The highest BCUT2D eigenvalue weighted by atomic mass is 16.5. The third-order valence-corrected chi connectivity index (χ3v) is 3.71. The van der Waals surface area contributed by atoms with Crippen molar-refractivity contribution in [3.05, 3.63) is 29.8 Å². The fourth-order valence-electron chi connectivity index (χ4n) is 2.63. The first kappa shape index (κ1) is 15.4. The van der Waals surface area contributed by atoms with E-state index in [2.05, 4.69) is 0 Å². The molecule has 1 aliphatic heterocycles. The predicted molar refractivity (Wildman–Crippen MR) is 78.5 cm³/mol. The molecule has 114 valence electrons. The molecular weight excluding hydrogens is 270 g/mol. The molecule has 1 heterocycles. The molecule has 0 aliphatic carbocycles. The molecule has 0 radical (unpaired) electrons. The molecule has 1 amide bonds. The Balaban J connectivity index is 2.17. The van der Waals surface area contributed by atoms with Crippen LogP contribution < -0.4 is 4.74 Å². The minimum absolute atomic E-state index is 0.215. The number of likely N-dealkylation sites (tertiary alicyclic amines) is 1. The van der Waals surface area contributed by atoms with Crippen LogP contribution in [-0.2, 0) is 4.79 Å². The van der Waals surface area contributed by atoms with E-state index in [9.17, 15) is 14.7 Å². The van der Waals surface area contributed by atoms with Gasteiger partial charge in [0, 0.05) is 12.1 Å². The van der Waals surface area contributed by atoms with Crippen LogP contribution in [0.2, 0.25) is 0 Å². The quantitative estimate of drug-likeness (QED) is 0.925. The zero-order valence-corrected chi connectivity index (χ0v) is 12.2. The molecule has 1 fully saturated rings. The van der Waals surface area contributed by atoms with Crippen molar-refractivity contribution in [2.24, 2.45) is 0 Å². The SMILES string of the molecule is CCOc1ccc(C(=O)N2CCCCCC2C(=O)O)cc1. The number of benzene rings is 1. The fraction of sp³-hybridized carbons (Fsp3) is 0.500. The van der Waals surface area contributed by atoms with Crippen molar-refractivity contribution >= 4 is 11.9 Å². The van der Waals surface area contributed by atoms with Gasteiger partial charge >= 0.3 is 5.97 Å². The van der Waals surface area contributed by atoms with Gasteiger partial charge in [0.1, 0.15) is 11.8 Å². The highest BCUT2D eigenvalue weighted by Crippen LogP contribution is 2.21. The van der Waals surface area contributed by atoms with Crippen LogP contribution >= 0.6 is 0 Å². The highest BCUT2D eigenvalue weighted by Gasteiger charge is 2.31. The third-order valence-electron chi connectivity index (χ3n) is 3.71. The summed E-state index contributed by atoms with van der Waals surface area (Å²) in [6.45, 7) is 2.97. The van der Waals surface area contributed by atoms with Gasteiger partial charge in [-0.15, -0.1) is 0 Å². The van der Waals surface area contributed by atoms with E-state index in [1.54, 1.807) is 24.3 Å². The van der Waals surface area contributed by atoms with Crippen molar-refractivity contribution in [1.29, 1.82) is 0 Å². The smallest absolute Gasteiger partial charge is 0.326 e. The van der Waals surface area contributed by atoms with E-state index in [0.29, 0.717) is 30.9 Å². The molecule has 5 heteroatoms. The Bertz CT molecular complexity index is 498. The third kappa shape index (κ3) is 3.74. The van der Waals surface area contributed by atoms with E-state index in [1.807, 2.05) is 6.92 Å².